The van der Waals surface area contributed by atoms with Gasteiger partial charge in [0.1, 0.15) is 0 Å². The molecular formula is C17H24N2O4. The third kappa shape index (κ3) is 4.37. The van der Waals surface area contributed by atoms with Crippen molar-refractivity contribution in [2.75, 3.05) is 32.1 Å². The van der Waals surface area contributed by atoms with Gasteiger partial charge in [0.2, 0.25) is 0 Å². The number of rotatable bonds is 6. The molecular weight excluding hydrogens is 296 g/mol. The van der Waals surface area contributed by atoms with Crippen LogP contribution < -0.4 is 5.32 Å². The molecule has 6 heteroatoms. The maximum atomic E-state index is 11.7. The van der Waals surface area contributed by atoms with Gasteiger partial charge in [0.05, 0.1) is 25.3 Å². The van der Waals surface area contributed by atoms with Gasteiger partial charge in [0.25, 0.3) is 0 Å². The van der Waals surface area contributed by atoms with Crippen LogP contribution in [-0.4, -0.2) is 49.8 Å². The SMILES string of the molecule is CCCCOC(=O)N1CC(Nc2ccc(C)c(C(=O)OC)c2)C1. The Kier molecular flexibility index (Phi) is 5.84. The van der Waals surface area contributed by atoms with Gasteiger partial charge in [-0.2, -0.15) is 0 Å². The molecule has 1 aromatic carbocycles. The van der Waals surface area contributed by atoms with E-state index >= 15 is 0 Å². The molecule has 0 aliphatic carbocycles. The van der Waals surface area contributed by atoms with E-state index in [-0.39, 0.29) is 18.1 Å². The molecule has 1 fully saturated rings. The number of carbonyl (C=O) groups excluding carboxylic acids is 2. The molecule has 1 aliphatic heterocycles. The van der Waals surface area contributed by atoms with E-state index in [1.54, 1.807) is 11.0 Å². The van der Waals surface area contributed by atoms with E-state index in [1.807, 2.05) is 19.1 Å². The number of nitrogens with one attached hydrogen (secondary N) is 1. The van der Waals surface area contributed by atoms with Crippen LogP contribution in [0.2, 0.25) is 0 Å². The predicted octanol–water partition coefficient (Wildman–Crippen LogP) is 2.81. The number of methoxy groups -OCH3 is 1. The summed E-state index contributed by atoms with van der Waals surface area (Å²) in [5.74, 6) is -0.346. The van der Waals surface area contributed by atoms with Crippen molar-refractivity contribution in [2.24, 2.45) is 0 Å². The zero-order valence-electron chi connectivity index (χ0n) is 13.9. The third-order valence-corrected chi connectivity index (χ3v) is 3.88. The van der Waals surface area contributed by atoms with Gasteiger partial charge < -0.3 is 19.7 Å². The van der Waals surface area contributed by atoms with Gasteiger partial charge in [-0.15, -0.1) is 0 Å². The second-order valence-electron chi connectivity index (χ2n) is 5.74. The van der Waals surface area contributed by atoms with E-state index in [4.69, 9.17) is 9.47 Å². The Hall–Kier alpha value is -2.24. The van der Waals surface area contributed by atoms with E-state index in [0.717, 1.165) is 24.1 Å². The van der Waals surface area contributed by atoms with Gasteiger partial charge in [0.15, 0.2) is 0 Å². The fourth-order valence-electron chi connectivity index (χ4n) is 2.39. The molecule has 0 radical (unpaired) electrons. The Morgan fingerprint density at radius 2 is 2.09 bits per heavy atom. The molecule has 0 unspecified atom stereocenters. The molecule has 126 valence electrons. The first-order valence-corrected chi connectivity index (χ1v) is 7.92. The molecule has 0 bridgehead atoms. The number of carbonyl (C=O) groups is 2. The fraction of sp³-hybridized carbons (Fsp3) is 0.529. The smallest absolute Gasteiger partial charge is 0.409 e. The second kappa shape index (κ2) is 7.85. The summed E-state index contributed by atoms with van der Waals surface area (Å²) in [6.45, 7) is 5.61. The zero-order chi connectivity index (χ0) is 16.8. The summed E-state index contributed by atoms with van der Waals surface area (Å²) in [7, 11) is 1.37. The molecule has 1 aromatic rings. The molecule has 23 heavy (non-hydrogen) atoms. The standard InChI is InChI=1S/C17H24N2O4/c1-4-5-8-23-17(21)19-10-14(11-19)18-13-7-6-12(2)15(9-13)16(20)22-3/h6-7,9,14,18H,4-5,8,10-11H2,1-3H3. The largest absolute Gasteiger partial charge is 0.465 e. The quantitative estimate of drug-likeness (QED) is 0.645. The number of likely N-dealkylation sites (tertiary alicyclic amines) is 1. The van der Waals surface area contributed by atoms with Gasteiger partial charge >= 0.3 is 12.1 Å². The van der Waals surface area contributed by atoms with Gasteiger partial charge in [-0.3, -0.25) is 0 Å². The van der Waals surface area contributed by atoms with Crippen LogP contribution in [0.4, 0.5) is 10.5 Å². The lowest BCUT2D eigenvalue weighted by Crippen LogP contribution is -2.57. The molecule has 6 nitrogen and oxygen atoms in total. The molecule has 2 rings (SSSR count). The van der Waals surface area contributed by atoms with E-state index in [9.17, 15) is 9.59 Å². The van der Waals surface area contributed by atoms with Crippen LogP contribution in [0.3, 0.4) is 0 Å². The predicted molar refractivity (Wildman–Crippen MR) is 87.8 cm³/mol. The van der Waals surface area contributed by atoms with Crippen molar-refractivity contribution in [1.82, 2.24) is 4.90 Å². The van der Waals surface area contributed by atoms with Crippen molar-refractivity contribution in [3.8, 4) is 0 Å². The van der Waals surface area contributed by atoms with E-state index in [0.29, 0.717) is 25.3 Å². The van der Waals surface area contributed by atoms with Crippen LogP contribution in [0, 0.1) is 6.92 Å². The normalized spacial score (nSPS) is 14.1. The average molecular weight is 320 g/mol. The highest BCUT2D eigenvalue weighted by Gasteiger charge is 2.31. The molecule has 0 spiro atoms. The van der Waals surface area contributed by atoms with Crippen molar-refractivity contribution in [3.05, 3.63) is 29.3 Å². The Balaban J connectivity index is 1.84. The fourth-order valence-corrected chi connectivity index (χ4v) is 2.39. The number of aryl methyl sites for hydroxylation is 1. The van der Waals surface area contributed by atoms with Crippen LogP contribution in [0.15, 0.2) is 18.2 Å². The highest BCUT2D eigenvalue weighted by atomic mass is 16.6. The Bertz CT molecular complexity index is 568. The molecule has 0 aromatic heterocycles. The van der Waals surface area contributed by atoms with Crippen molar-refractivity contribution in [1.29, 1.82) is 0 Å². The molecule has 1 aliphatic rings. The minimum Gasteiger partial charge on any atom is -0.465 e. The van der Waals surface area contributed by atoms with Crippen LogP contribution in [0.25, 0.3) is 0 Å². The number of unbranched alkanes of at least 4 members (excludes halogenated alkanes) is 1. The minimum atomic E-state index is -0.346. The first kappa shape index (κ1) is 17.1. The highest BCUT2D eigenvalue weighted by molar-refractivity contribution is 5.92. The van der Waals surface area contributed by atoms with Crippen LogP contribution in [0.5, 0.6) is 0 Å². The van der Waals surface area contributed by atoms with Gasteiger partial charge in [-0.05, 0) is 31.0 Å². The number of esters is 1. The molecule has 0 atom stereocenters. The topological polar surface area (TPSA) is 67.9 Å². The van der Waals surface area contributed by atoms with Crippen molar-refractivity contribution < 1.29 is 19.1 Å². The first-order chi connectivity index (χ1) is 11.0. The van der Waals surface area contributed by atoms with E-state index in [2.05, 4.69) is 12.2 Å². The molecule has 1 N–H and O–H groups in total. The monoisotopic (exact) mass is 320 g/mol. The maximum absolute atomic E-state index is 11.7. The van der Waals surface area contributed by atoms with Gasteiger partial charge in [-0.1, -0.05) is 19.4 Å². The lowest BCUT2D eigenvalue weighted by Gasteiger charge is -2.39. The van der Waals surface area contributed by atoms with Gasteiger partial charge in [0, 0.05) is 18.8 Å². The Labute approximate surface area is 136 Å². The summed E-state index contributed by atoms with van der Waals surface area (Å²) in [4.78, 5) is 25.1. The van der Waals surface area contributed by atoms with E-state index in [1.165, 1.54) is 7.11 Å². The summed E-state index contributed by atoms with van der Waals surface area (Å²) >= 11 is 0. The summed E-state index contributed by atoms with van der Waals surface area (Å²) < 4.78 is 9.94. The number of amides is 1. The first-order valence-electron chi connectivity index (χ1n) is 7.92. The van der Waals surface area contributed by atoms with E-state index < -0.39 is 0 Å². The zero-order valence-corrected chi connectivity index (χ0v) is 13.9. The Morgan fingerprint density at radius 1 is 1.35 bits per heavy atom. The second-order valence-corrected chi connectivity index (χ2v) is 5.74. The van der Waals surface area contributed by atoms with Gasteiger partial charge in [-0.25, -0.2) is 9.59 Å². The third-order valence-electron chi connectivity index (χ3n) is 3.88. The van der Waals surface area contributed by atoms with Crippen LogP contribution >= 0.6 is 0 Å². The number of hydrogen-bond acceptors (Lipinski definition) is 5. The summed E-state index contributed by atoms with van der Waals surface area (Å²) in [5.41, 5.74) is 2.27. The molecule has 1 heterocycles. The lowest BCUT2D eigenvalue weighted by molar-refractivity contribution is 0.0600. The maximum Gasteiger partial charge on any atom is 0.409 e. The summed E-state index contributed by atoms with van der Waals surface area (Å²) in [6.07, 6.45) is 1.64. The molecule has 1 saturated heterocycles. The Morgan fingerprint density at radius 3 is 2.74 bits per heavy atom. The summed E-state index contributed by atoms with van der Waals surface area (Å²) in [6, 6.07) is 5.75. The molecule has 1 amide bonds. The minimum absolute atomic E-state index is 0.168. The number of anilines is 1. The number of nitrogens with zero attached hydrogens (tertiary/aromatic N) is 1. The number of hydrogen-bond donors (Lipinski definition) is 1. The average Bonchev–Trinajstić information content (AvgIpc) is 2.51. The van der Waals surface area contributed by atoms with Crippen molar-refractivity contribution in [3.63, 3.8) is 0 Å². The number of ether oxygens (including phenoxy) is 2. The number of benzene rings is 1. The highest BCUT2D eigenvalue weighted by Crippen LogP contribution is 2.20. The summed E-state index contributed by atoms with van der Waals surface area (Å²) in [5, 5.41) is 3.32. The van der Waals surface area contributed by atoms with Crippen LogP contribution in [0.1, 0.15) is 35.7 Å². The van der Waals surface area contributed by atoms with Crippen molar-refractivity contribution >= 4 is 17.7 Å². The van der Waals surface area contributed by atoms with Crippen LogP contribution in [-0.2, 0) is 9.47 Å². The molecule has 0 saturated carbocycles. The lowest BCUT2D eigenvalue weighted by atomic mass is 10.1. The van der Waals surface area contributed by atoms with Crippen molar-refractivity contribution in [2.45, 2.75) is 32.7 Å².